The van der Waals surface area contributed by atoms with Gasteiger partial charge in [-0.15, -0.1) is 0 Å². The van der Waals surface area contributed by atoms with Crippen LogP contribution in [0.2, 0.25) is 0 Å². The van der Waals surface area contributed by atoms with Crippen molar-refractivity contribution in [3.8, 4) is 0 Å². The molecule has 0 bridgehead atoms. The summed E-state index contributed by atoms with van der Waals surface area (Å²) in [6.07, 6.45) is 1.02. The molecule has 0 saturated carbocycles. The first-order valence-electron chi connectivity index (χ1n) is 5.20. The van der Waals surface area contributed by atoms with E-state index in [-0.39, 0.29) is 11.7 Å². The summed E-state index contributed by atoms with van der Waals surface area (Å²) in [6, 6.07) is 3.73. The monoisotopic (exact) mass is 193 g/mol. The van der Waals surface area contributed by atoms with Crippen molar-refractivity contribution in [2.24, 2.45) is 0 Å². The zero-order chi connectivity index (χ0) is 10.1. The number of benzene rings is 1. The highest BCUT2D eigenvalue weighted by molar-refractivity contribution is 5.36. The highest BCUT2D eigenvalue weighted by Crippen LogP contribution is 2.24. The zero-order valence-corrected chi connectivity index (χ0v) is 8.73. The molecule has 2 rings (SSSR count). The predicted octanol–water partition coefficient (Wildman–Crippen LogP) is 2.59. The standard InChI is InChI=1S/C12H16FN/c1-8(2)11-5-9-3-4-14-7-10(9)6-12(11)13/h5-6,8,14H,3-4,7H2,1-2H3. The minimum absolute atomic E-state index is 0.0533. The second-order valence-electron chi connectivity index (χ2n) is 4.22. The molecule has 76 valence electrons. The molecule has 2 heteroatoms. The van der Waals surface area contributed by atoms with Gasteiger partial charge in [0.25, 0.3) is 0 Å². The predicted molar refractivity (Wildman–Crippen MR) is 55.9 cm³/mol. The molecule has 1 aromatic rings. The fourth-order valence-electron chi connectivity index (χ4n) is 1.96. The van der Waals surface area contributed by atoms with Crippen molar-refractivity contribution in [2.75, 3.05) is 6.54 Å². The second kappa shape index (κ2) is 3.70. The van der Waals surface area contributed by atoms with Crippen LogP contribution in [0.4, 0.5) is 4.39 Å². The molecule has 0 aromatic heterocycles. The van der Waals surface area contributed by atoms with Crippen LogP contribution < -0.4 is 5.32 Å². The topological polar surface area (TPSA) is 12.0 Å². The van der Waals surface area contributed by atoms with Gasteiger partial charge in [0.1, 0.15) is 5.82 Å². The van der Waals surface area contributed by atoms with Gasteiger partial charge in [-0.3, -0.25) is 0 Å². The molecule has 0 spiro atoms. The van der Waals surface area contributed by atoms with Crippen LogP contribution in [0, 0.1) is 5.82 Å². The molecule has 0 atom stereocenters. The van der Waals surface area contributed by atoms with Crippen molar-refractivity contribution in [2.45, 2.75) is 32.7 Å². The fraction of sp³-hybridized carbons (Fsp3) is 0.500. The van der Waals surface area contributed by atoms with Gasteiger partial charge in [-0.05, 0) is 41.6 Å². The van der Waals surface area contributed by atoms with E-state index < -0.39 is 0 Å². The van der Waals surface area contributed by atoms with E-state index in [1.165, 1.54) is 5.56 Å². The first-order chi connectivity index (χ1) is 6.68. The van der Waals surface area contributed by atoms with Gasteiger partial charge in [0.05, 0.1) is 0 Å². The summed E-state index contributed by atoms with van der Waals surface area (Å²) in [5.41, 5.74) is 3.29. The van der Waals surface area contributed by atoms with Crippen molar-refractivity contribution in [1.82, 2.24) is 5.32 Å². The molecule has 0 aliphatic carbocycles. The number of hydrogen-bond donors (Lipinski definition) is 1. The van der Waals surface area contributed by atoms with E-state index in [1.807, 2.05) is 19.9 Å². The van der Waals surface area contributed by atoms with Crippen molar-refractivity contribution in [3.05, 3.63) is 34.6 Å². The summed E-state index contributed by atoms with van der Waals surface area (Å²) in [5, 5.41) is 3.25. The van der Waals surface area contributed by atoms with Gasteiger partial charge >= 0.3 is 0 Å². The summed E-state index contributed by atoms with van der Waals surface area (Å²) in [4.78, 5) is 0. The van der Waals surface area contributed by atoms with E-state index in [9.17, 15) is 4.39 Å². The Bertz CT molecular complexity index is 344. The van der Waals surface area contributed by atoms with Crippen LogP contribution in [-0.2, 0) is 13.0 Å². The van der Waals surface area contributed by atoms with Crippen LogP contribution in [0.1, 0.15) is 36.5 Å². The lowest BCUT2D eigenvalue weighted by Crippen LogP contribution is -2.24. The number of rotatable bonds is 1. The molecule has 0 amide bonds. The van der Waals surface area contributed by atoms with Gasteiger partial charge in [-0.25, -0.2) is 4.39 Å². The Labute approximate surface area is 84.3 Å². The van der Waals surface area contributed by atoms with E-state index in [2.05, 4.69) is 5.32 Å². The van der Waals surface area contributed by atoms with Crippen LogP contribution in [0.15, 0.2) is 12.1 Å². The zero-order valence-electron chi connectivity index (χ0n) is 8.73. The van der Waals surface area contributed by atoms with Gasteiger partial charge in [0.15, 0.2) is 0 Å². The van der Waals surface area contributed by atoms with Gasteiger partial charge in [-0.2, -0.15) is 0 Å². The number of fused-ring (bicyclic) bond motifs is 1. The van der Waals surface area contributed by atoms with Crippen molar-refractivity contribution in [3.63, 3.8) is 0 Å². The van der Waals surface area contributed by atoms with Crippen LogP contribution in [0.5, 0.6) is 0 Å². The molecule has 14 heavy (non-hydrogen) atoms. The lowest BCUT2D eigenvalue weighted by Gasteiger charge is -2.19. The van der Waals surface area contributed by atoms with E-state index >= 15 is 0 Å². The molecule has 1 aliphatic rings. The summed E-state index contributed by atoms with van der Waals surface area (Å²) in [6.45, 7) is 5.89. The molecule has 1 aromatic carbocycles. The van der Waals surface area contributed by atoms with Crippen LogP contribution in [0.25, 0.3) is 0 Å². The average molecular weight is 193 g/mol. The maximum absolute atomic E-state index is 13.6. The van der Waals surface area contributed by atoms with E-state index in [0.29, 0.717) is 0 Å². The van der Waals surface area contributed by atoms with Crippen LogP contribution in [-0.4, -0.2) is 6.54 Å². The third-order valence-corrected chi connectivity index (χ3v) is 2.83. The third kappa shape index (κ3) is 1.67. The molecule has 1 aliphatic heterocycles. The number of halogens is 1. The minimum Gasteiger partial charge on any atom is -0.312 e. The molecular weight excluding hydrogens is 177 g/mol. The third-order valence-electron chi connectivity index (χ3n) is 2.83. The Balaban J connectivity index is 2.45. The SMILES string of the molecule is CC(C)c1cc2c(cc1F)CNCC2. The van der Waals surface area contributed by atoms with Crippen LogP contribution >= 0.6 is 0 Å². The Kier molecular flexibility index (Phi) is 2.55. The molecule has 0 saturated heterocycles. The van der Waals surface area contributed by atoms with E-state index in [4.69, 9.17) is 0 Å². The number of hydrogen-bond acceptors (Lipinski definition) is 1. The Morgan fingerprint density at radius 1 is 1.29 bits per heavy atom. The van der Waals surface area contributed by atoms with E-state index in [0.717, 1.165) is 30.6 Å². The first kappa shape index (κ1) is 9.66. The summed E-state index contributed by atoms with van der Waals surface area (Å²) >= 11 is 0. The molecule has 1 heterocycles. The normalized spacial score (nSPS) is 15.7. The highest BCUT2D eigenvalue weighted by Gasteiger charge is 2.14. The van der Waals surface area contributed by atoms with Gasteiger partial charge in [0.2, 0.25) is 0 Å². The fourth-order valence-corrected chi connectivity index (χ4v) is 1.96. The minimum atomic E-state index is -0.0533. The van der Waals surface area contributed by atoms with Crippen molar-refractivity contribution >= 4 is 0 Å². The van der Waals surface area contributed by atoms with Gasteiger partial charge in [0, 0.05) is 6.54 Å². The molecule has 1 N–H and O–H groups in total. The number of nitrogens with one attached hydrogen (secondary N) is 1. The second-order valence-corrected chi connectivity index (χ2v) is 4.22. The maximum atomic E-state index is 13.6. The van der Waals surface area contributed by atoms with E-state index in [1.54, 1.807) is 6.07 Å². The highest BCUT2D eigenvalue weighted by atomic mass is 19.1. The first-order valence-corrected chi connectivity index (χ1v) is 5.20. The Morgan fingerprint density at radius 3 is 2.79 bits per heavy atom. The summed E-state index contributed by atoms with van der Waals surface area (Å²) in [5.74, 6) is 0.220. The lowest BCUT2D eigenvalue weighted by atomic mass is 9.93. The Morgan fingerprint density at radius 2 is 2.07 bits per heavy atom. The quantitative estimate of drug-likeness (QED) is 0.723. The average Bonchev–Trinajstić information content (AvgIpc) is 2.16. The molecule has 0 unspecified atom stereocenters. The molecule has 1 nitrogen and oxygen atoms in total. The molecule has 0 fully saturated rings. The maximum Gasteiger partial charge on any atom is 0.126 e. The molecule has 0 radical (unpaired) electrons. The van der Waals surface area contributed by atoms with Crippen LogP contribution in [0.3, 0.4) is 0 Å². The summed E-state index contributed by atoms with van der Waals surface area (Å²) < 4.78 is 13.6. The molecular formula is C12H16FN. The van der Waals surface area contributed by atoms with Gasteiger partial charge in [-0.1, -0.05) is 19.9 Å². The Hall–Kier alpha value is -0.890. The largest absolute Gasteiger partial charge is 0.312 e. The van der Waals surface area contributed by atoms with Crippen molar-refractivity contribution < 1.29 is 4.39 Å². The summed E-state index contributed by atoms with van der Waals surface area (Å²) in [7, 11) is 0. The lowest BCUT2D eigenvalue weighted by molar-refractivity contribution is 0.580. The van der Waals surface area contributed by atoms with Gasteiger partial charge < -0.3 is 5.32 Å². The van der Waals surface area contributed by atoms with Crippen molar-refractivity contribution in [1.29, 1.82) is 0 Å². The smallest absolute Gasteiger partial charge is 0.126 e.